The van der Waals surface area contributed by atoms with Gasteiger partial charge >= 0.3 is 12.1 Å². The molecule has 1 saturated heterocycles. The van der Waals surface area contributed by atoms with Crippen LogP contribution in [-0.2, 0) is 61.5 Å². The largest absolute Gasteiger partial charge is 0.459 e. The fraction of sp³-hybridized carbons (Fsp3) is 0.447. The van der Waals surface area contributed by atoms with E-state index in [9.17, 15) is 42.0 Å². The smallest absolute Gasteiger partial charge is 0.407 e. The van der Waals surface area contributed by atoms with Crippen LogP contribution >= 0.6 is 23.4 Å². The monoisotopic (exact) mass is 1040 g/mol. The van der Waals surface area contributed by atoms with E-state index in [0.717, 1.165) is 11.1 Å². The van der Waals surface area contributed by atoms with Crippen LogP contribution in [0.2, 0.25) is 5.02 Å². The molecular weight excluding hydrogens is 984 g/mol. The number of guanidine groups is 1. The van der Waals surface area contributed by atoms with Crippen LogP contribution in [0, 0.1) is 6.92 Å². The number of rotatable bonds is 27. The number of carbonyl (C=O) groups is 7. The molecule has 71 heavy (non-hydrogen) atoms. The quantitative estimate of drug-likeness (QED) is 0.0179. The van der Waals surface area contributed by atoms with Crippen molar-refractivity contribution < 1.29 is 51.5 Å². The van der Waals surface area contributed by atoms with Gasteiger partial charge in [0.1, 0.15) is 43.4 Å². The van der Waals surface area contributed by atoms with Gasteiger partial charge in [0.15, 0.2) is 0 Å². The number of primary amides is 1. The first-order valence-electron chi connectivity index (χ1n) is 23.0. The van der Waals surface area contributed by atoms with Crippen molar-refractivity contribution in [1.82, 2.24) is 35.7 Å². The second-order valence-electron chi connectivity index (χ2n) is 16.7. The van der Waals surface area contributed by atoms with E-state index in [1.54, 1.807) is 67.6 Å². The maximum atomic E-state index is 14.2. The second-order valence-corrected chi connectivity index (χ2v) is 19.0. The van der Waals surface area contributed by atoms with Gasteiger partial charge in [-0.25, -0.2) is 27.6 Å². The molecule has 10 N–H and O–H groups in total. The number of amides is 6. The van der Waals surface area contributed by atoms with Crippen LogP contribution in [0.1, 0.15) is 81.4 Å². The van der Waals surface area contributed by atoms with Gasteiger partial charge in [-0.05, 0) is 101 Å². The molecule has 24 heteroatoms. The van der Waals surface area contributed by atoms with E-state index in [0.29, 0.717) is 29.8 Å². The molecule has 4 rings (SSSR count). The van der Waals surface area contributed by atoms with E-state index in [1.807, 2.05) is 6.07 Å². The summed E-state index contributed by atoms with van der Waals surface area (Å²) in [5.41, 5.74) is 13.4. The summed E-state index contributed by atoms with van der Waals surface area (Å²) in [4.78, 5) is 99.8. The van der Waals surface area contributed by atoms with E-state index >= 15 is 0 Å². The number of esters is 1. The molecule has 1 heterocycles. The summed E-state index contributed by atoms with van der Waals surface area (Å²) in [5, 5.41) is 11.1. The number of nitrogens with two attached hydrogens (primary N) is 2. The molecule has 1 aliphatic rings. The Labute approximate surface area is 423 Å². The summed E-state index contributed by atoms with van der Waals surface area (Å²) in [7, 11) is -4.04. The minimum Gasteiger partial charge on any atom is -0.459 e. The third-order valence-electron chi connectivity index (χ3n) is 11.2. The number of sulfonamides is 1. The van der Waals surface area contributed by atoms with Gasteiger partial charge in [0.05, 0.1) is 4.90 Å². The predicted octanol–water partition coefficient (Wildman–Crippen LogP) is 2.70. The molecule has 0 spiro atoms. The number of likely N-dealkylation sites (tertiary alicyclic amines) is 1. The van der Waals surface area contributed by atoms with E-state index in [2.05, 4.69) is 35.8 Å². The highest BCUT2D eigenvalue weighted by molar-refractivity contribution is 7.90. The maximum absolute atomic E-state index is 14.2. The second kappa shape index (κ2) is 29.0. The van der Waals surface area contributed by atoms with E-state index in [-0.39, 0.29) is 76.3 Å². The normalized spacial score (nSPS) is 15.3. The molecule has 0 aromatic heterocycles. The van der Waals surface area contributed by atoms with Gasteiger partial charge in [0.2, 0.25) is 35.5 Å². The van der Waals surface area contributed by atoms with Gasteiger partial charge in [-0.3, -0.25) is 29.0 Å². The van der Waals surface area contributed by atoms with Gasteiger partial charge in [0.25, 0.3) is 10.0 Å². The third-order valence-corrected chi connectivity index (χ3v) is 13.2. The number of ether oxygens (including phenoxy) is 2. The number of aryl methyl sites for hydroxylation is 1. The average Bonchev–Trinajstić information content (AvgIpc) is 3.84. The number of nitrogens with zero attached hydrogens (tertiary/aromatic N) is 2. The van der Waals surface area contributed by atoms with E-state index < -0.39 is 87.8 Å². The first kappa shape index (κ1) is 57.1. The molecule has 0 saturated carbocycles. The lowest BCUT2D eigenvalue weighted by Gasteiger charge is -2.30. The van der Waals surface area contributed by atoms with E-state index in [4.69, 9.17) is 44.3 Å². The number of benzene rings is 3. The highest BCUT2D eigenvalue weighted by atomic mass is 35.5. The fourth-order valence-corrected chi connectivity index (χ4v) is 8.57. The highest BCUT2D eigenvalue weighted by Gasteiger charge is 2.39. The molecule has 0 radical (unpaired) electrons. The number of nitrogens with one attached hydrogen (secondary N) is 6. The van der Waals surface area contributed by atoms with Crippen LogP contribution in [0.25, 0.3) is 0 Å². The minimum absolute atomic E-state index is 0.0250. The molecule has 3 aromatic carbocycles. The molecule has 1 fully saturated rings. The van der Waals surface area contributed by atoms with Crippen LogP contribution in [0.3, 0.4) is 0 Å². The van der Waals surface area contributed by atoms with Crippen molar-refractivity contribution in [3.63, 3.8) is 0 Å². The number of aliphatic imine (C=N–C) groups is 1. The summed E-state index contributed by atoms with van der Waals surface area (Å²) < 4.78 is 38.6. The number of hydrogen-bond donors (Lipinski definition) is 8. The minimum atomic E-state index is -4.04. The van der Waals surface area contributed by atoms with Gasteiger partial charge in [0, 0.05) is 36.6 Å². The molecule has 21 nitrogen and oxygen atoms in total. The Morgan fingerprint density at radius 2 is 1.48 bits per heavy atom. The Morgan fingerprint density at radius 3 is 2.17 bits per heavy atom. The number of unbranched alkanes of at least 4 members (excludes halogenated alkanes) is 1. The van der Waals surface area contributed by atoms with Crippen LogP contribution in [0.15, 0.2) is 88.8 Å². The lowest BCUT2D eigenvalue weighted by Crippen LogP contribution is -2.57. The summed E-state index contributed by atoms with van der Waals surface area (Å²) in [6, 6.07) is 16.2. The van der Waals surface area contributed by atoms with Crippen molar-refractivity contribution >= 4 is 81.0 Å². The Morgan fingerprint density at radius 1 is 0.803 bits per heavy atom. The Hall–Kier alpha value is -6.49. The summed E-state index contributed by atoms with van der Waals surface area (Å²) in [6.45, 7) is 3.39. The predicted molar refractivity (Wildman–Crippen MR) is 264 cm³/mol. The number of carbonyl (C=O) groups excluding carboxylic acids is 7. The van der Waals surface area contributed by atoms with Crippen molar-refractivity contribution in [3.8, 4) is 0 Å². The maximum Gasteiger partial charge on any atom is 0.407 e. The number of hydrogen-bond acceptors (Lipinski definition) is 13. The molecule has 386 valence electrons. The Kier molecular flexibility index (Phi) is 23.3. The Balaban J connectivity index is 1.38. The lowest BCUT2D eigenvalue weighted by atomic mass is 10.1. The molecule has 6 amide bonds. The Bertz CT molecular complexity index is 2430. The highest BCUT2D eigenvalue weighted by Crippen LogP contribution is 2.21. The zero-order valence-corrected chi connectivity index (χ0v) is 41.8. The molecular formula is C47H62Cl2N10O11S. The lowest BCUT2D eigenvalue weighted by molar-refractivity contribution is -0.149. The first-order valence-corrected chi connectivity index (χ1v) is 25.2. The topological polar surface area (TPSA) is 312 Å². The molecule has 1 aliphatic heterocycles. The number of alkyl carbamates (subject to hydrolysis) is 1. The van der Waals surface area contributed by atoms with Gasteiger partial charge in [-0.1, -0.05) is 77.8 Å². The van der Waals surface area contributed by atoms with E-state index in [1.165, 1.54) is 24.0 Å². The van der Waals surface area contributed by atoms with Crippen molar-refractivity contribution in [2.24, 2.45) is 16.5 Å². The van der Waals surface area contributed by atoms with Gasteiger partial charge < -0.3 is 47.1 Å². The van der Waals surface area contributed by atoms with Crippen LogP contribution in [0.5, 0.6) is 0 Å². The molecule has 0 bridgehead atoms. The van der Waals surface area contributed by atoms with Crippen molar-refractivity contribution in [1.29, 1.82) is 0 Å². The van der Waals surface area contributed by atoms with Crippen molar-refractivity contribution in [3.05, 3.63) is 101 Å². The van der Waals surface area contributed by atoms with Crippen LogP contribution < -0.4 is 42.3 Å². The standard InChI is InChI=1S/C47H62Cl2N10O11S/c1-30-19-21-34(22-20-30)71(67,68)58-46(51)52-26-10-17-37(55-42(62)36(57-49)23-24-40(50)60)44(64)59-27-11-18-39(59)43(63)54-31(2)41(61)56-38(45(65)69-28-32-12-4-3-5-13-32)16-8-9-25-53-47(66)70-29-33-14-6-7-15-35(33)48/h3-7,12-15,19-22,31,36-39,57H,8-11,16-18,23-29H2,1-2H3,(H2,50,60)(H,53,66)(H,54,63)(H,55,62)(H,56,61)(H3,51,52,58)/t31-,36-,37-,38-,39-/m0/s1. The molecule has 3 aromatic rings. The molecule has 5 atom stereocenters. The third kappa shape index (κ3) is 19.3. The van der Waals surface area contributed by atoms with Gasteiger partial charge in [-0.15, -0.1) is 0 Å². The van der Waals surface area contributed by atoms with Crippen molar-refractivity contribution in [2.45, 2.75) is 120 Å². The summed E-state index contributed by atoms with van der Waals surface area (Å²) >= 11 is 12.0. The van der Waals surface area contributed by atoms with Crippen LogP contribution in [-0.4, -0.2) is 111 Å². The summed E-state index contributed by atoms with van der Waals surface area (Å²) in [6.07, 6.45) is 0.635. The summed E-state index contributed by atoms with van der Waals surface area (Å²) in [5.74, 6) is -4.56. The fourth-order valence-electron chi connectivity index (χ4n) is 7.22. The van der Waals surface area contributed by atoms with Crippen LogP contribution in [0.4, 0.5) is 4.79 Å². The van der Waals surface area contributed by atoms with Gasteiger partial charge in [-0.2, -0.15) is 0 Å². The van der Waals surface area contributed by atoms with Crippen molar-refractivity contribution in [2.75, 3.05) is 19.6 Å². The molecule has 0 aliphatic carbocycles. The SMILES string of the molecule is Cc1ccc(S(=O)(=O)NC(N)=NCCC[C@H](NC(=O)[C@H](CCC(N)=O)NCl)C(=O)N2CCC[C@H]2C(=O)N[C@@H](C)C(=O)N[C@@H](CCCCNC(=O)OCc2ccccc2Cl)C(=O)OCc2ccccc2)cc1. The zero-order valence-electron chi connectivity index (χ0n) is 39.5. The molecule has 0 unspecified atom stereocenters. The zero-order chi connectivity index (χ0) is 51.9. The number of halogens is 2. The first-order chi connectivity index (χ1) is 33.9. The average molecular weight is 1050 g/mol.